The Morgan fingerprint density at radius 3 is 2.41 bits per heavy atom. The first-order valence-corrected chi connectivity index (χ1v) is 9.64. The van der Waals surface area contributed by atoms with Crippen LogP contribution >= 0.6 is 11.3 Å². The molecule has 0 spiro atoms. The van der Waals surface area contributed by atoms with Gasteiger partial charge in [-0.1, -0.05) is 23.4 Å². The quantitative estimate of drug-likeness (QED) is 0.506. The molecule has 2 N–H and O–H groups in total. The summed E-state index contributed by atoms with van der Waals surface area (Å²) < 4.78 is 5.03. The normalized spacial score (nSPS) is 10.5. The van der Waals surface area contributed by atoms with Crippen LogP contribution in [0.4, 0.5) is 11.4 Å². The molecule has 0 fully saturated rings. The van der Waals surface area contributed by atoms with Crippen LogP contribution in [-0.2, 0) is 0 Å². The molecule has 144 valence electrons. The van der Waals surface area contributed by atoms with Gasteiger partial charge in [0.2, 0.25) is 11.7 Å². The topological polar surface area (TPSA) is 97.1 Å². The first kappa shape index (κ1) is 18.6. The van der Waals surface area contributed by atoms with E-state index in [1.165, 1.54) is 11.3 Å². The van der Waals surface area contributed by atoms with Crippen LogP contribution in [0.5, 0.6) is 0 Å². The summed E-state index contributed by atoms with van der Waals surface area (Å²) in [5.74, 6) is 0.390. The lowest BCUT2D eigenvalue weighted by Gasteiger charge is -2.09. The molecule has 8 heteroatoms. The van der Waals surface area contributed by atoms with Crippen molar-refractivity contribution in [2.45, 2.75) is 6.92 Å². The minimum Gasteiger partial charge on any atom is -0.339 e. The molecule has 0 saturated heterocycles. The van der Waals surface area contributed by atoms with E-state index in [4.69, 9.17) is 4.52 Å². The third-order valence-electron chi connectivity index (χ3n) is 4.09. The molecule has 0 bridgehead atoms. The molecule has 0 aliphatic carbocycles. The van der Waals surface area contributed by atoms with E-state index in [0.29, 0.717) is 39.1 Å². The number of thiophene rings is 1. The SMILES string of the molecule is Cc1nc(-c2ccccc2NC(=O)c2ccc(NC(=O)c3cccs3)cc2)no1. The Morgan fingerprint density at radius 1 is 0.931 bits per heavy atom. The average Bonchev–Trinajstić information content (AvgIpc) is 3.41. The van der Waals surface area contributed by atoms with Gasteiger partial charge in [0.25, 0.3) is 11.8 Å². The molecule has 4 aromatic rings. The van der Waals surface area contributed by atoms with Crippen LogP contribution in [0.3, 0.4) is 0 Å². The van der Waals surface area contributed by atoms with E-state index in [2.05, 4.69) is 20.8 Å². The Bertz CT molecular complexity index is 1150. The second-order valence-corrected chi connectivity index (χ2v) is 7.09. The van der Waals surface area contributed by atoms with Crippen LogP contribution in [0, 0.1) is 6.92 Å². The van der Waals surface area contributed by atoms with Gasteiger partial charge >= 0.3 is 0 Å². The van der Waals surface area contributed by atoms with Crippen molar-refractivity contribution in [3.63, 3.8) is 0 Å². The smallest absolute Gasteiger partial charge is 0.265 e. The van der Waals surface area contributed by atoms with Gasteiger partial charge in [0.15, 0.2) is 0 Å². The molecule has 2 aromatic heterocycles. The maximum Gasteiger partial charge on any atom is 0.265 e. The van der Waals surface area contributed by atoms with E-state index in [9.17, 15) is 9.59 Å². The highest BCUT2D eigenvalue weighted by Crippen LogP contribution is 2.26. The summed E-state index contributed by atoms with van der Waals surface area (Å²) in [5, 5.41) is 11.4. The van der Waals surface area contributed by atoms with E-state index < -0.39 is 0 Å². The van der Waals surface area contributed by atoms with Crippen LogP contribution in [0.15, 0.2) is 70.6 Å². The zero-order valence-electron chi connectivity index (χ0n) is 15.4. The van der Waals surface area contributed by atoms with Crippen LogP contribution in [-0.4, -0.2) is 22.0 Å². The predicted octanol–water partition coefficient (Wildman–Crippen LogP) is 4.61. The minimum atomic E-state index is -0.284. The van der Waals surface area contributed by atoms with Gasteiger partial charge in [-0.3, -0.25) is 9.59 Å². The second-order valence-electron chi connectivity index (χ2n) is 6.15. The van der Waals surface area contributed by atoms with Crippen molar-refractivity contribution in [1.29, 1.82) is 0 Å². The Balaban J connectivity index is 1.48. The highest BCUT2D eigenvalue weighted by Gasteiger charge is 2.14. The second kappa shape index (κ2) is 8.07. The maximum atomic E-state index is 12.7. The van der Waals surface area contributed by atoms with Crippen molar-refractivity contribution >= 4 is 34.5 Å². The van der Waals surface area contributed by atoms with Gasteiger partial charge in [-0.25, -0.2) is 0 Å². The molecule has 4 rings (SSSR count). The summed E-state index contributed by atoms with van der Waals surface area (Å²) in [6.07, 6.45) is 0. The lowest BCUT2D eigenvalue weighted by Crippen LogP contribution is -2.13. The summed E-state index contributed by atoms with van der Waals surface area (Å²) in [5.41, 5.74) is 2.31. The Hall–Kier alpha value is -3.78. The first-order valence-electron chi connectivity index (χ1n) is 8.76. The van der Waals surface area contributed by atoms with Crippen molar-refractivity contribution in [2.24, 2.45) is 0 Å². The van der Waals surface area contributed by atoms with Crippen molar-refractivity contribution in [2.75, 3.05) is 10.6 Å². The van der Waals surface area contributed by atoms with Gasteiger partial charge in [-0.15, -0.1) is 11.3 Å². The lowest BCUT2D eigenvalue weighted by molar-refractivity contribution is 0.102. The number of nitrogens with zero attached hydrogens (tertiary/aromatic N) is 2. The fourth-order valence-electron chi connectivity index (χ4n) is 2.70. The Morgan fingerprint density at radius 2 is 1.72 bits per heavy atom. The van der Waals surface area contributed by atoms with E-state index in [0.717, 1.165) is 0 Å². The predicted molar refractivity (Wildman–Crippen MR) is 111 cm³/mol. The third kappa shape index (κ3) is 4.22. The molecule has 0 saturated carbocycles. The number of para-hydroxylation sites is 1. The molecule has 29 heavy (non-hydrogen) atoms. The molecule has 7 nitrogen and oxygen atoms in total. The number of carbonyl (C=O) groups is 2. The number of carbonyl (C=O) groups excluding carboxylic acids is 2. The molecule has 0 unspecified atom stereocenters. The summed E-state index contributed by atoms with van der Waals surface area (Å²) in [7, 11) is 0. The number of aromatic nitrogens is 2. The summed E-state index contributed by atoms with van der Waals surface area (Å²) in [6.45, 7) is 1.70. The highest BCUT2D eigenvalue weighted by molar-refractivity contribution is 7.12. The van der Waals surface area contributed by atoms with Gasteiger partial charge in [0.1, 0.15) is 0 Å². The zero-order chi connectivity index (χ0) is 20.2. The number of nitrogens with one attached hydrogen (secondary N) is 2. The van der Waals surface area contributed by atoms with Crippen molar-refractivity contribution in [3.05, 3.63) is 82.4 Å². The molecule has 0 aliphatic heterocycles. The van der Waals surface area contributed by atoms with Gasteiger partial charge < -0.3 is 15.2 Å². The van der Waals surface area contributed by atoms with Crippen molar-refractivity contribution in [3.8, 4) is 11.4 Å². The van der Waals surface area contributed by atoms with Crippen LogP contribution in [0.25, 0.3) is 11.4 Å². The van der Waals surface area contributed by atoms with Crippen LogP contribution in [0.1, 0.15) is 25.9 Å². The van der Waals surface area contributed by atoms with Crippen molar-refractivity contribution < 1.29 is 14.1 Å². The lowest BCUT2D eigenvalue weighted by atomic mass is 10.1. The Kier molecular flexibility index (Phi) is 5.17. The largest absolute Gasteiger partial charge is 0.339 e. The molecular weight excluding hydrogens is 388 g/mol. The number of hydrogen-bond donors (Lipinski definition) is 2. The molecule has 2 heterocycles. The number of rotatable bonds is 5. The number of hydrogen-bond acceptors (Lipinski definition) is 6. The van der Waals surface area contributed by atoms with E-state index in [-0.39, 0.29) is 11.8 Å². The first-order chi connectivity index (χ1) is 14.1. The van der Waals surface area contributed by atoms with Gasteiger partial charge in [0, 0.05) is 23.7 Å². The fraction of sp³-hybridized carbons (Fsp3) is 0.0476. The fourth-order valence-corrected chi connectivity index (χ4v) is 3.31. The third-order valence-corrected chi connectivity index (χ3v) is 4.96. The highest BCUT2D eigenvalue weighted by atomic mass is 32.1. The standard InChI is InChI=1S/C21H16N4O3S/c1-13-22-19(25-28-13)16-5-2-3-6-17(16)24-20(26)14-8-10-15(11-9-14)23-21(27)18-7-4-12-29-18/h2-12H,1H3,(H,23,27)(H,24,26). The summed E-state index contributed by atoms with van der Waals surface area (Å²) in [4.78, 5) is 29.6. The molecule has 0 aliphatic rings. The monoisotopic (exact) mass is 404 g/mol. The molecule has 2 aromatic carbocycles. The molecular formula is C21H16N4O3S. The molecule has 2 amide bonds. The Labute approximate surface area is 170 Å². The number of aryl methyl sites for hydroxylation is 1. The minimum absolute atomic E-state index is 0.179. The van der Waals surface area contributed by atoms with Gasteiger partial charge in [-0.05, 0) is 47.8 Å². The summed E-state index contributed by atoms with van der Waals surface area (Å²) >= 11 is 1.37. The summed E-state index contributed by atoms with van der Waals surface area (Å²) in [6, 6.07) is 17.5. The van der Waals surface area contributed by atoms with Crippen LogP contribution in [0.2, 0.25) is 0 Å². The van der Waals surface area contributed by atoms with E-state index in [1.54, 1.807) is 43.3 Å². The number of anilines is 2. The van der Waals surface area contributed by atoms with E-state index >= 15 is 0 Å². The number of benzene rings is 2. The van der Waals surface area contributed by atoms with Crippen molar-refractivity contribution in [1.82, 2.24) is 10.1 Å². The van der Waals surface area contributed by atoms with Gasteiger partial charge in [0.05, 0.1) is 10.6 Å². The van der Waals surface area contributed by atoms with Crippen LogP contribution < -0.4 is 10.6 Å². The average molecular weight is 404 g/mol. The number of amides is 2. The zero-order valence-corrected chi connectivity index (χ0v) is 16.2. The molecule has 0 radical (unpaired) electrons. The van der Waals surface area contributed by atoms with Gasteiger partial charge in [-0.2, -0.15) is 4.98 Å². The van der Waals surface area contributed by atoms with E-state index in [1.807, 2.05) is 29.6 Å². The maximum absolute atomic E-state index is 12.7. The molecule has 0 atom stereocenters.